The zero-order chi connectivity index (χ0) is 16.4. The quantitative estimate of drug-likeness (QED) is 0.782. The minimum atomic E-state index is 0.115. The average Bonchev–Trinajstić information content (AvgIpc) is 3.25. The van der Waals surface area contributed by atoms with Crippen molar-refractivity contribution in [1.82, 2.24) is 24.9 Å². The zero-order valence-corrected chi connectivity index (χ0v) is 14.1. The number of thiazole rings is 1. The SMILES string of the molecule is Cc1csc(Nc2nccnc2[C@H]2CCCN2c2ncccn2)n1. The van der Waals surface area contributed by atoms with Gasteiger partial charge in [0, 0.05) is 36.7 Å². The van der Waals surface area contributed by atoms with Gasteiger partial charge in [0.1, 0.15) is 5.69 Å². The van der Waals surface area contributed by atoms with Crippen LogP contribution in [-0.2, 0) is 0 Å². The van der Waals surface area contributed by atoms with Crippen molar-refractivity contribution in [3.8, 4) is 0 Å². The molecule has 1 saturated heterocycles. The van der Waals surface area contributed by atoms with Gasteiger partial charge in [0.05, 0.1) is 11.7 Å². The maximum atomic E-state index is 4.59. The summed E-state index contributed by atoms with van der Waals surface area (Å²) in [6.45, 7) is 2.89. The molecule has 0 bridgehead atoms. The monoisotopic (exact) mass is 339 g/mol. The lowest BCUT2D eigenvalue weighted by atomic mass is 10.1. The maximum absolute atomic E-state index is 4.59. The first-order valence-corrected chi connectivity index (χ1v) is 8.73. The van der Waals surface area contributed by atoms with Gasteiger partial charge >= 0.3 is 0 Å². The molecule has 0 aromatic carbocycles. The Morgan fingerprint density at radius 2 is 1.96 bits per heavy atom. The maximum Gasteiger partial charge on any atom is 0.225 e. The Hall–Kier alpha value is -2.61. The van der Waals surface area contributed by atoms with Gasteiger partial charge in [-0.25, -0.2) is 19.9 Å². The molecule has 122 valence electrons. The van der Waals surface area contributed by atoms with Crippen LogP contribution in [0.2, 0.25) is 0 Å². The molecule has 1 aliphatic rings. The Bertz CT molecular complexity index is 820. The standard InChI is InChI=1S/C16H17N7S/c1-11-10-24-16(21-11)22-14-13(17-7-8-18-14)12-4-2-9-23(12)15-19-5-3-6-20-15/h3,5-8,10,12H,2,4,9H2,1H3,(H,18,21,22)/t12-/m1/s1. The van der Waals surface area contributed by atoms with Gasteiger partial charge in [-0.05, 0) is 25.8 Å². The van der Waals surface area contributed by atoms with Gasteiger partial charge in [-0.1, -0.05) is 0 Å². The van der Waals surface area contributed by atoms with Crippen LogP contribution in [0.5, 0.6) is 0 Å². The fourth-order valence-electron chi connectivity index (χ4n) is 2.93. The number of nitrogens with zero attached hydrogens (tertiary/aromatic N) is 6. The summed E-state index contributed by atoms with van der Waals surface area (Å²) in [6.07, 6.45) is 9.05. The highest BCUT2D eigenvalue weighted by Gasteiger charge is 2.31. The van der Waals surface area contributed by atoms with Crippen LogP contribution in [0.15, 0.2) is 36.2 Å². The number of aryl methyl sites for hydroxylation is 1. The van der Waals surface area contributed by atoms with E-state index < -0.39 is 0 Å². The second kappa shape index (κ2) is 6.48. The number of hydrogen-bond acceptors (Lipinski definition) is 8. The van der Waals surface area contributed by atoms with Crippen molar-refractivity contribution < 1.29 is 0 Å². The van der Waals surface area contributed by atoms with Gasteiger partial charge < -0.3 is 10.2 Å². The summed E-state index contributed by atoms with van der Waals surface area (Å²) < 4.78 is 0. The van der Waals surface area contributed by atoms with E-state index in [-0.39, 0.29) is 6.04 Å². The molecule has 0 saturated carbocycles. The van der Waals surface area contributed by atoms with Crippen LogP contribution >= 0.6 is 11.3 Å². The first kappa shape index (κ1) is 14.9. The summed E-state index contributed by atoms with van der Waals surface area (Å²) in [5.41, 5.74) is 1.91. The molecule has 0 amide bonds. The van der Waals surface area contributed by atoms with E-state index in [9.17, 15) is 0 Å². The Labute approximate surface area is 143 Å². The van der Waals surface area contributed by atoms with E-state index in [2.05, 4.69) is 35.1 Å². The normalized spacial score (nSPS) is 17.2. The number of rotatable bonds is 4. The molecule has 1 atom stereocenters. The number of hydrogen-bond donors (Lipinski definition) is 1. The molecule has 1 aliphatic heterocycles. The van der Waals surface area contributed by atoms with Gasteiger partial charge in [-0.2, -0.15) is 0 Å². The number of anilines is 3. The largest absolute Gasteiger partial charge is 0.332 e. The fraction of sp³-hybridized carbons (Fsp3) is 0.312. The van der Waals surface area contributed by atoms with Crippen LogP contribution in [0.4, 0.5) is 16.9 Å². The van der Waals surface area contributed by atoms with Gasteiger partial charge in [-0.3, -0.25) is 4.98 Å². The van der Waals surface area contributed by atoms with E-state index in [0.29, 0.717) is 0 Å². The second-order valence-electron chi connectivity index (χ2n) is 5.61. The van der Waals surface area contributed by atoms with Crippen molar-refractivity contribution in [2.75, 3.05) is 16.8 Å². The number of nitrogens with one attached hydrogen (secondary N) is 1. The highest BCUT2D eigenvalue weighted by molar-refractivity contribution is 7.13. The molecule has 24 heavy (non-hydrogen) atoms. The first-order valence-electron chi connectivity index (χ1n) is 7.85. The van der Waals surface area contributed by atoms with Crippen LogP contribution < -0.4 is 10.2 Å². The van der Waals surface area contributed by atoms with Crippen molar-refractivity contribution in [3.63, 3.8) is 0 Å². The van der Waals surface area contributed by atoms with Crippen LogP contribution in [0.25, 0.3) is 0 Å². The molecule has 7 nitrogen and oxygen atoms in total. The highest BCUT2D eigenvalue weighted by Crippen LogP contribution is 2.36. The van der Waals surface area contributed by atoms with Crippen LogP contribution in [0.1, 0.15) is 30.3 Å². The molecule has 0 unspecified atom stereocenters. The lowest BCUT2D eigenvalue weighted by molar-refractivity contribution is 0.677. The van der Waals surface area contributed by atoms with Gasteiger partial charge in [0.25, 0.3) is 0 Å². The predicted octanol–water partition coefficient (Wildman–Crippen LogP) is 3.12. The van der Waals surface area contributed by atoms with Crippen molar-refractivity contribution in [2.24, 2.45) is 0 Å². The van der Waals surface area contributed by atoms with Gasteiger partial charge in [0.2, 0.25) is 5.95 Å². The van der Waals surface area contributed by atoms with Crippen LogP contribution in [-0.4, -0.2) is 31.5 Å². The lowest BCUT2D eigenvalue weighted by Crippen LogP contribution is -2.26. The highest BCUT2D eigenvalue weighted by atomic mass is 32.1. The van der Waals surface area contributed by atoms with Crippen molar-refractivity contribution in [3.05, 3.63) is 47.6 Å². The molecule has 1 fully saturated rings. The summed E-state index contributed by atoms with van der Waals surface area (Å²) in [5.74, 6) is 1.49. The molecule has 3 aromatic rings. The Morgan fingerprint density at radius 3 is 2.75 bits per heavy atom. The summed E-state index contributed by atoms with van der Waals surface area (Å²) in [7, 11) is 0. The van der Waals surface area contributed by atoms with E-state index in [4.69, 9.17) is 0 Å². The average molecular weight is 339 g/mol. The van der Waals surface area contributed by atoms with Gasteiger partial charge in [-0.15, -0.1) is 11.3 Å². The molecular weight excluding hydrogens is 322 g/mol. The summed E-state index contributed by atoms with van der Waals surface area (Å²) in [4.78, 5) is 24.5. The van der Waals surface area contributed by atoms with E-state index in [1.165, 1.54) is 0 Å². The van der Waals surface area contributed by atoms with E-state index in [1.54, 1.807) is 36.1 Å². The Balaban J connectivity index is 1.66. The molecule has 4 rings (SSSR count). The third-order valence-electron chi connectivity index (χ3n) is 3.95. The smallest absolute Gasteiger partial charge is 0.225 e. The molecule has 8 heteroatoms. The molecule has 3 aromatic heterocycles. The minimum absolute atomic E-state index is 0.115. The second-order valence-corrected chi connectivity index (χ2v) is 6.47. The van der Waals surface area contributed by atoms with Crippen LogP contribution in [0, 0.1) is 6.92 Å². The molecule has 0 aliphatic carbocycles. The van der Waals surface area contributed by atoms with Crippen molar-refractivity contribution in [2.45, 2.75) is 25.8 Å². The number of aromatic nitrogens is 5. The summed E-state index contributed by atoms with van der Waals surface area (Å²) in [5, 5.41) is 6.15. The van der Waals surface area contributed by atoms with Crippen molar-refractivity contribution >= 4 is 28.2 Å². The molecular formula is C16H17N7S. The predicted molar refractivity (Wildman–Crippen MR) is 93.5 cm³/mol. The van der Waals surface area contributed by atoms with Crippen LogP contribution in [0.3, 0.4) is 0 Å². The van der Waals surface area contributed by atoms with E-state index in [0.717, 1.165) is 47.7 Å². The molecule has 0 spiro atoms. The van der Waals surface area contributed by atoms with E-state index >= 15 is 0 Å². The van der Waals surface area contributed by atoms with E-state index in [1.807, 2.05) is 18.4 Å². The minimum Gasteiger partial charge on any atom is -0.332 e. The fourth-order valence-corrected chi connectivity index (χ4v) is 3.62. The molecule has 1 N–H and O–H groups in total. The molecule has 0 radical (unpaired) electrons. The Kier molecular flexibility index (Phi) is 4.04. The van der Waals surface area contributed by atoms with Gasteiger partial charge in [0.15, 0.2) is 10.9 Å². The zero-order valence-electron chi connectivity index (χ0n) is 13.3. The topological polar surface area (TPSA) is 79.7 Å². The Morgan fingerprint density at radius 1 is 1.12 bits per heavy atom. The molecule has 4 heterocycles. The van der Waals surface area contributed by atoms with Crippen molar-refractivity contribution in [1.29, 1.82) is 0 Å². The lowest BCUT2D eigenvalue weighted by Gasteiger charge is -2.25. The first-order chi connectivity index (χ1) is 11.8. The summed E-state index contributed by atoms with van der Waals surface area (Å²) in [6, 6.07) is 1.94. The summed E-state index contributed by atoms with van der Waals surface area (Å²) >= 11 is 1.56. The third-order valence-corrected chi connectivity index (χ3v) is 4.82. The third kappa shape index (κ3) is 2.92.